The fourth-order valence-corrected chi connectivity index (χ4v) is 0.444. The van der Waals surface area contributed by atoms with Crippen LogP contribution in [0.4, 0.5) is 0 Å². The van der Waals surface area contributed by atoms with Gasteiger partial charge < -0.3 is 0 Å². The first-order valence-corrected chi connectivity index (χ1v) is 3.83. The van der Waals surface area contributed by atoms with E-state index in [4.69, 9.17) is 0 Å². The van der Waals surface area contributed by atoms with Crippen molar-refractivity contribution in [1.82, 2.24) is 0 Å². The van der Waals surface area contributed by atoms with E-state index in [0.29, 0.717) is 11.8 Å². The van der Waals surface area contributed by atoms with Gasteiger partial charge in [-0.3, -0.25) is 4.99 Å². The molecule has 0 aliphatic rings. The third-order valence-electron chi connectivity index (χ3n) is 0.941. The van der Waals surface area contributed by atoms with Crippen molar-refractivity contribution >= 4 is 6.21 Å². The lowest BCUT2D eigenvalue weighted by Crippen LogP contribution is -1.85. The van der Waals surface area contributed by atoms with Gasteiger partial charge in [-0.1, -0.05) is 33.8 Å². The Labute approximate surface area is 63.9 Å². The second kappa shape index (κ2) is 5.21. The van der Waals surface area contributed by atoms with Gasteiger partial charge in [-0.05, 0) is 11.8 Å². The zero-order chi connectivity index (χ0) is 7.98. The summed E-state index contributed by atoms with van der Waals surface area (Å²) in [6, 6.07) is 0. The summed E-state index contributed by atoms with van der Waals surface area (Å²) in [4.78, 5) is 4.11. The predicted octanol–water partition coefficient (Wildman–Crippen LogP) is 2.88. The van der Waals surface area contributed by atoms with E-state index < -0.39 is 0 Å². The summed E-state index contributed by atoms with van der Waals surface area (Å²) in [5.41, 5.74) is 0. The molecule has 0 aliphatic heterocycles. The minimum absolute atomic E-state index is 0.553. The van der Waals surface area contributed by atoms with Crippen molar-refractivity contribution in [2.45, 2.75) is 27.7 Å². The largest absolute Gasteiger partial charge is 0.269 e. The predicted molar refractivity (Wildman–Crippen MR) is 47.3 cm³/mol. The van der Waals surface area contributed by atoms with Crippen molar-refractivity contribution in [3.63, 3.8) is 0 Å². The third kappa shape index (κ3) is 7.41. The van der Waals surface area contributed by atoms with Crippen molar-refractivity contribution in [3.8, 4) is 0 Å². The van der Waals surface area contributed by atoms with Gasteiger partial charge in [-0.15, -0.1) is 0 Å². The van der Waals surface area contributed by atoms with Gasteiger partial charge in [-0.25, -0.2) is 0 Å². The molecule has 1 nitrogen and oxygen atoms in total. The second-order valence-corrected chi connectivity index (χ2v) is 3.13. The Morgan fingerprint density at radius 2 is 1.60 bits per heavy atom. The molecule has 0 rings (SSSR count). The molecule has 0 unspecified atom stereocenters. The molecule has 0 aromatic rings. The quantitative estimate of drug-likeness (QED) is 0.533. The molecule has 0 fully saturated rings. The average molecular weight is 139 g/mol. The fraction of sp³-hybridized carbons (Fsp3) is 0.667. The third-order valence-corrected chi connectivity index (χ3v) is 0.941. The van der Waals surface area contributed by atoms with Crippen LogP contribution < -0.4 is 0 Å². The summed E-state index contributed by atoms with van der Waals surface area (Å²) >= 11 is 0. The first-order chi connectivity index (χ1) is 4.63. The lowest BCUT2D eigenvalue weighted by atomic mass is 10.2. The molecular formula is C9H17N. The van der Waals surface area contributed by atoms with Crippen LogP contribution in [0.3, 0.4) is 0 Å². The smallest absolute Gasteiger partial charge is 0.0226 e. The Morgan fingerprint density at radius 3 is 2.00 bits per heavy atom. The maximum absolute atomic E-state index is 4.11. The molecule has 0 radical (unpaired) electrons. The zero-order valence-electron chi connectivity index (χ0n) is 7.33. The monoisotopic (exact) mass is 139 g/mol. The lowest BCUT2D eigenvalue weighted by Gasteiger charge is -1.91. The standard InChI is InChI=1S/C9H17N/c1-8(2)5-6-10-7-9(3)4/h5-9H,1-4H3/b6-5-,10-7?. The van der Waals surface area contributed by atoms with E-state index >= 15 is 0 Å². The van der Waals surface area contributed by atoms with Gasteiger partial charge in [0.05, 0.1) is 0 Å². The van der Waals surface area contributed by atoms with Crippen LogP contribution in [0.25, 0.3) is 0 Å². The van der Waals surface area contributed by atoms with Crippen LogP contribution in [0, 0.1) is 11.8 Å². The number of rotatable bonds is 3. The van der Waals surface area contributed by atoms with Crippen LogP contribution in [0.2, 0.25) is 0 Å². The first-order valence-electron chi connectivity index (χ1n) is 3.83. The molecule has 0 heterocycles. The number of hydrogen-bond acceptors (Lipinski definition) is 1. The summed E-state index contributed by atoms with van der Waals surface area (Å²) in [7, 11) is 0. The van der Waals surface area contributed by atoms with Crippen molar-refractivity contribution in [1.29, 1.82) is 0 Å². The summed E-state index contributed by atoms with van der Waals surface area (Å²) in [5, 5.41) is 0. The Balaban J connectivity index is 3.52. The molecule has 0 saturated carbocycles. The van der Waals surface area contributed by atoms with Gasteiger partial charge >= 0.3 is 0 Å². The fourth-order valence-electron chi connectivity index (χ4n) is 0.444. The highest BCUT2D eigenvalue weighted by Gasteiger charge is 1.82. The summed E-state index contributed by atoms with van der Waals surface area (Å²) in [6.07, 6.45) is 5.89. The van der Waals surface area contributed by atoms with E-state index in [1.54, 1.807) is 0 Å². The van der Waals surface area contributed by atoms with Gasteiger partial charge in [0, 0.05) is 12.4 Å². The SMILES string of the molecule is CC(C)C=N/C=C\C(C)C. The Hall–Kier alpha value is -0.590. The molecule has 0 aliphatic carbocycles. The molecule has 0 aromatic heterocycles. The summed E-state index contributed by atoms with van der Waals surface area (Å²) in [5.74, 6) is 1.15. The maximum Gasteiger partial charge on any atom is 0.0226 e. The van der Waals surface area contributed by atoms with Crippen molar-refractivity contribution in [2.24, 2.45) is 16.8 Å². The first kappa shape index (κ1) is 9.41. The molecular weight excluding hydrogens is 122 g/mol. The van der Waals surface area contributed by atoms with Gasteiger partial charge in [0.25, 0.3) is 0 Å². The second-order valence-electron chi connectivity index (χ2n) is 3.13. The average Bonchev–Trinajstić information content (AvgIpc) is 1.79. The van der Waals surface area contributed by atoms with Gasteiger partial charge in [0.1, 0.15) is 0 Å². The minimum Gasteiger partial charge on any atom is -0.269 e. The molecule has 0 N–H and O–H groups in total. The number of allylic oxidation sites excluding steroid dienone is 1. The molecule has 0 amide bonds. The normalized spacial score (nSPS) is 13.0. The molecule has 1 heteroatoms. The minimum atomic E-state index is 0.553. The van der Waals surface area contributed by atoms with Crippen LogP contribution in [0.1, 0.15) is 27.7 Å². The molecule has 0 atom stereocenters. The van der Waals surface area contributed by atoms with Crippen LogP contribution in [0.5, 0.6) is 0 Å². The highest BCUT2D eigenvalue weighted by molar-refractivity contribution is 5.60. The molecule has 58 valence electrons. The van der Waals surface area contributed by atoms with E-state index in [0.717, 1.165) is 0 Å². The lowest BCUT2D eigenvalue weighted by molar-refractivity contribution is 0.828. The molecule has 0 bridgehead atoms. The van der Waals surface area contributed by atoms with Crippen LogP contribution in [-0.4, -0.2) is 6.21 Å². The van der Waals surface area contributed by atoms with E-state index in [1.165, 1.54) is 0 Å². The van der Waals surface area contributed by atoms with E-state index in [1.807, 2.05) is 12.4 Å². The molecule has 10 heavy (non-hydrogen) atoms. The topological polar surface area (TPSA) is 12.4 Å². The van der Waals surface area contributed by atoms with Gasteiger partial charge in [0.2, 0.25) is 0 Å². The number of hydrogen-bond donors (Lipinski definition) is 0. The van der Waals surface area contributed by atoms with Crippen molar-refractivity contribution in [3.05, 3.63) is 12.3 Å². The Bertz CT molecular complexity index is 105. The maximum atomic E-state index is 4.11. The summed E-state index contributed by atoms with van der Waals surface area (Å²) < 4.78 is 0. The number of nitrogens with zero attached hydrogens (tertiary/aromatic N) is 1. The van der Waals surface area contributed by atoms with E-state index in [9.17, 15) is 0 Å². The van der Waals surface area contributed by atoms with Crippen molar-refractivity contribution < 1.29 is 0 Å². The number of aliphatic imine (C=N–C) groups is 1. The molecule has 0 aromatic carbocycles. The summed E-state index contributed by atoms with van der Waals surface area (Å²) in [6.45, 7) is 8.52. The van der Waals surface area contributed by atoms with E-state index in [-0.39, 0.29) is 0 Å². The highest BCUT2D eigenvalue weighted by Crippen LogP contribution is 1.93. The zero-order valence-corrected chi connectivity index (χ0v) is 7.33. The van der Waals surface area contributed by atoms with E-state index in [2.05, 4.69) is 38.8 Å². The van der Waals surface area contributed by atoms with Crippen LogP contribution >= 0.6 is 0 Å². The Kier molecular flexibility index (Phi) is 4.91. The molecule has 0 saturated heterocycles. The van der Waals surface area contributed by atoms with Gasteiger partial charge in [0.15, 0.2) is 0 Å². The van der Waals surface area contributed by atoms with Gasteiger partial charge in [-0.2, -0.15) is 0 Å². The highest BCUT2D eigenvalue weighted by atomic mass is 14.7. The van der Waals surface area contributed by atoms with Crippen LogP contribution in [0.15, 0.2) is 17.3 Å². The van der Waals surface area contributed by atoms with Crippen molar-refractivity contribution in [2.75, 3.05) is 0 Å². The van der Waals surface area contributed by atoms with Crippen LogP contribution in [-0.2, 0) is 0 Å². The molecule has 0 spiro atoms. The Morgan fingerprint density at radius 1 is 1.00 bits per heavy atom.